The number of benzene rings is 1. The molecule has 5 nitrogen and oxygen atoms in total. The molecule has 0 amide bonds. The van der Waals surface area contributed by atoms with Gasteiger partial charge in [-0.1, -0.05) is 19.8 Å². The van der Waals surface area contributed by atoms with Crippen molar-refractivity contribution < 1.29 is 13.9 Å². The average Bonchev–Trinajstić information content (AvgIpc) is 2.87. The average molecular weight is 286 g/mol. The number of fused-ring (bicyclic) bond motifs is 1. The molecule has 0 saturated carbocycles. The van der Waals surface area contributed by atoms with Crippen molar-refractivity contribution in [1.82, 2.24) is 0 Å². The summed E-state index contributed by atoms with van der Waals surface area (Å²) >= 11 is 0. The van der Waals surface area contributed by atoms with Crippen LogP contribution in [0.2, 0.25) is 0 Å². The number of unbranched alkanes of at least 4 members (excludes halogenated alkanes) is 2. The highest BCUT2D eigenvalue weighted by Crippen LogP contribution is 2.30. The highest BCUT2D eigenvalue weighted by molar-refractivity contribution is 5.97. The van der Waals surface area contributed by atoms with Crippen molar-refractivity contribution in [2.75, 3.05) is 19.0 Å². The number of carbonyl (C=O) groups is 1. The van der Waals surface area contributed by atoms with Crippen molar-refractivity contribution in [2.24, 2.45) is 0 Å². The number of hydrogen-bond donors (Lipinski definition) is 1. The minimum absolute atomic E-state index is 0.403. The van der Waals surface area contributed by atoms with E-state index in [9.17, 15) is 10.1 Å². The van der Waals surface area contributed by atoms with Crippen LogP contribution < -0.4 is 5.32 Å². The van der Waals surface area contributed by atoms with Crippen LogP contribution in [0.5, 0.6) is 0 Å². The first kappa shape index (κ1) is 14.9. The summed E-state index contributed by atoms with van der Waals surface area (Å²) in [5, 5.41) is 13.1. The summed E-state index contributed by atoms with van der Waals surface area (Å²) in [6.45, 7) is 2.89. The van der Waals surface area contributed by atoms with Crippen LogP contribution >= 0.6 is 0 Å². The Kier molecular flexibility index (Phi) is 4.83. The van der Waals surface area contributed by atoms with E-state index in [4.69, 9.17) is 4.42 Å². The number of hydrogen-bond acceptors (Lipinski definition) is 5. The predicted molar refractivity (Wildman–Crippen MR) is 80.3 cm³/mol. The maximum absolute atomic E-state index is 11.6. The van der Waals surface area contributed by atoms with Crippen LogP contribution in [0.1, 0.15) is 42.1 Å². The Labute approximate surface area is 123 Å². The Hall–Kier alpha value is -2.48. The van der Waals surface area contributed by atoms with Crippen molar-refractivity contribution in [3.8, 4) is 6.07 Å². The topological polar surface area (TPSA) is 75.3 Å². The molecule has 1 heterocycles. The highest BCUT2D eigenvalue weighted by Gasteiger charge is 2.16. The Balaban J connectivity index is 2.31. The second kappa shape index (κ2) is 6.80. The quantitative estimate of drug-likeness (QED) is 0.647. The molecule has 0 spiro atoms. The van der Waals surface area contributed by atoms with Gasteiger partial charge in [0.2, 0.25) is 5.88 Å². The summed E-state index contributed by atoms with van der Waals surface area (Å²) in [7, 11) is 1.33. The van der Waals surface area contributed by atoms with Crippen molar-refractivity contribution in [3.05, 3.63) is 29.3 Å². The number of nitriles is 1. The number of ether oxygens (including phenoxy) is 1. The third-order valence-electron chi connectivity index (χ3n) is 3.29. The molecule has 2 rings (SSSR count). The van der Waals surface area contributed by atoms with Crippen LogP contribution in [-0.2, 0) is 4.74 Å². The number of nitrogens with zero attached hydrogens (tertiary/aromatic N) is 1. The lowest BCUT2D eigenvalue weighted by molar-refractivity contribution is 0.0601. The molecule has 0 aliphatic carbocycles. The smallest absolute Gasteiger partial charge is 0.337 e. The third-order valence-corrected chi connectivity index (χ3v) is 3.29. The zero-order valence-corrected chi connectivity index (χ0v) is 12.2. The van der Waals surface area contributed by atoms with E-state index in [2.05, 4.69) is 23.0 Å². The Morgan fingerprint density at radius 2 is 2.24 bits per heavy atom. The molecule has 0 atom stereocenters. The van der Waals surface area contributed by atoms with Crippen LogP contribution in [0.3, 0.4) is 0 Å². The van der Waals surface area contributed by atoms with Crippen molar-refractivity contribution in [1.29, 1.82) is 5.26 Å². The Bertz CT molecular complexity index is 683. The SMILES string of the molecule is CCCCCNc1oc2ccc(C(=O)OC)cc2c1C#N. The van der Waals surface area contributed by atoms with E-state index in [0.29, 0.717) is 28.0 Å². The van der Waals surface area contributed by atoms with Crippen molar-refractivity contribution in [3.63, 3.8) is 0 Å². The minimum Gasteiger partial charge on any atom is -0.465 e. The zero-order valence-electron chi connectivity index (χ0n) is 12.2. The molecule has 0 unspecified atom stereocenters. The number of furan rings is 1. The van der Waals surface area contributed by atoms with Gasteiger partial charge in [-0.15, -0.1) is 0 Å². The summed E-state index contributed by atoms with van der Waals surface area (Å²) in [6, 6.07) is 7.07. The van der Waals surface area contributed by atoms with E-state index in [1.54, 1.807) is 18.2 Å². The van der Waals surface area contributed by atoms with Gasteiger partial charge in [0.25, 0.3) is 0 Å². The number of rotatable bonds is 6. The fourth-order valence-corrected chi connectivity index (χ4v) is 2.15. The van der Waals surface area contributed by atoms with Gasteiger partial charge >= 0.3 is 5.97 Å². The first-order valence-corrected chi connectivity index (χ1v) is 7.00. The first-order valence-electron chi connectivity index (χ1n) is 7.00. The van der Waals surface area contributed by atoms with E-state index in [-0.39, 0.29) is 0 Å². The summed E-state index contributed by atoms with van der Waals surface area (Å²) in [6.07, 6.45) is 3.28. The second-order valence-electron chi connectivity index (χ2n) is 4.75. The van der Waals surface area contributed by atoms with E-state index in [1.165, 1.54) is 7.11 Å². The van der Waals surface area contributed by atoms with Gasteiger partial charge in [-0.05, 0) is 24.6 Å². The van der Waals surface area contributed by atoms with Crippen LogP contribution in [0, 0.1) is 11.3 Å². The largest absolute Gasteiger partial charge is 0.465 e. The van der Waals surface area contributed by atoms with Gasteiger partial charge in [0, 0.05) is 11.9 Å². The molecule has 5 heteroatoms. The van der Waals surface area contributed by atoms with Gasteiger partial charge in [-0.2, -0.15) is 5.26 Å². The molecule has 21 heavy (non-hydrogen) atoms. The predicted octanol–water partition coefficient (Wildman–Crippen LogP) is 3.69. The summed E-state index contributed by atoms with van der Waals surface area (Å²) in [5.74, 6) is 0.0325. The van der Waals surface area contributed by atoms with Crippen LogP contribution in [0.25, 0.3) is 11.0 Å². The van der Waals surface area contributed by atoms with E-state index < -0.39 is 5.97 Å². The molecule has 110 valence electrons. The molecular formula is C16H18N2O3. The number of esters is 1. The molecule has 1 N–H and O–H groups in total. The van der Waals surface area contributed by atoms with Gasteiger partial charge in [0.1, 0.15) is 17.2 Å². The van der Waals surface area contributed by atoms with Crippen LogP contribution in [0.15, 0.2) is 22.6 Å². The lowest BCUT2D eigenvalue weighted by atomic mass is 10.1. The van der Waals surface area contributed by atoms with Crippen molar-refractivity contribution >= 4 is 22.8 Å². The maximum atomic E-state index is 11.6. The van der Waals surface area contributed by atoms with Crippen LogP contribution in [-0.4, -0.2) is 19.6 Å². The first-order chi connectivity index (χ1) is 10.2. The molecule has 1 aromatic carbocycles. The number of anilines is 1. The minimum atomic E-state index is -0.431. The van der Waals surface area contributed by atoms with E-state index in [0.717, 1.165) is 25.8 Å². The molecule has 2 aromatic rings. The third kappa shape index (κ3) is 3.16. The van der Waals surface area contributed by atoms with Gasteiger partial charge in [0.15, 0.2) is 0 Å². The molecule has 0 aliphatic rings. The fraction of sp³-hybridized carbons (Fsp3) is 0.375. The molecule has 0 aliphatic heterocycles. The lowest BCUT2D eigenvalue weighted by Crippen LogP contribution is -2.01. The summed E-state index contributed by atoms with van der Waals surface area (Å²) in [4.78, 5) is 11.6. The Morgan fingerprint density at radius 3 is 2.90 bits per heavy atom. The van der Waals surface area contributed by atoms with Crippen LogP contribution in [0.4, 0.5) is 5.88 Å². The fourth-order valence-electron chi connectivity index (χ4n) is 2.15. The lowest BCUT2D eigenvalue weighted by Gasteiger charge is -2.01. The van der Waals surface area contributed by atoms with Gasteiger partial charge in [-0.3, -0.25) is 0 Å². The Morgan fingerprint density at radius 1 is 1.43 bits per heavy atom. The number of carbonyl (C=O) groups excluding carboxylic acids is 1. The summed E-state index contributed by atoms with van der Waals surface area (Å²) < 4.78 is 10.3. The standard InChI is InChI=1S/C16H18N2O3/c1-3-4-5-8-18-15-13(10-17)12-9-11(16(19)20-2)6-7-14(12)21-15/h6-7,9,18H,3-5,8H2,1-2H3. The molecule has 0 fully saturated rings. The zero-order chi connectivity index (χ0) is 15.2. The highest BCUT2D eigenvalue weighted by atomic mass is 16.5. The maximum Gasteiger partial charge on any atom is 0.337 e. The van der Waals surface area contributed by atoms with Gasteiger partial charge in [0.05, 0.1) is 12.7 Å². The van der Waals surface area contributed by atoms with E-state index >= 15 is 0 Å². The molecule has 0 radical (unpaired) electrons. The normalized spacial score (nSPS) is 10.3. The molecule has 0 bridgehead atoms. The number of nitrogens with one attached hydrogen (secondary N) is 1. The molecular weight excluding hydrogens is 268 g/mol. The second-order valence-corrected chi connectivity index (χ2v) is 4.75. The molecule has 0 saturated heterocycles. The van der Waals surface area contributed by atoms with Gasteiger partial charge < -0.3 is 14.5 Å². The van der Waals surface area contributed by atoms with Gasteiger partial charge in [-0.25, -0.2) is 4.79 Å². The van der Waals surface area contributed by atoms with E-state index in [1.807, 2.05) is 0 Å². The number of methoxy groups -OCH3 is 1. The monoisotopic (exact) mass is 286 g/mol. The summed E-state index contributed by atoms with van der Waals surface area (Å²) in [5.41, 5.74) is 1.41. The molecule has 1 aromatic heterocycles. The van der Waals surface area contributed by atoms with Crippen molar-refractivity contribution in [2.45, 2.75) is 26.2 Å².